The SMILES string of the molecule is O=C(COc1c(F)c(F)cc(F)c1F)Nc1nc2ccc(Br)cc2s1. The summed E-state index contributed by atoms with van der Waals surface area (Å²) in [6.07, 6.45) is 0. The number of rotatable bonds is 4. The quantitative estimate of drug-likeness (QED) is 0.480. The molecule has 0 unspecified atom stereocenters. The van der Waals surface area contributed by atoms with Gasteiger partial charge in [-0.1, -0.05) is 27.3 Å². The maximum atomic E-state index is 13.4. The third-order valence-electron chi connectivity index (χ3n) is 3.02. The van der Waals surface area contributed by atoms with Crippen molar-refractivity contribution in [1.29, 1.82) is 0 Å². The zero-order valence-corrected chi connectivity index (χ0v) is 14.5. The largest absolute Gasteiger partial charge is 0.477 e. The van der Waals surface area contributed by atoms with Gasteiger partial charge in [-0.15, -0.1) is 0 Å². The third kappa shape index (κ3) is 3.74. The van der Waals surface area contributed by atoms with Gasteiger partial charge < -0.3 is 4.74 Å². The number of carbonyl (C=O) groups excluding carboxylic acids is 1. The molecule has 1 heterocycles. The van der Waals surface area contributed by atoms with Gasteiger partial charge in [-0.2, -0.15) is 8.78 Å². The predicted octanol–water partition coefficient (Wildman–Crippen LogP) is 4.63. The first-order chi connectivity index (χ1) is 11.8. The first-order valence-electron chi connectivity index (χ1n) is 6.67. The molecule has 3 rings (SSSR count). The van der Waals surface area contributed by atoms with Crippen molar-refractivity contribution in [2.24, 2.45) is 0 Å². The molecule has 1 N–H and O–H groups in total. The van der Waals surface area contributed by atoms with E-state index in [4.69, 9.17) is 0 Å². The summed E-state index contributed by atoms with van der Waals surface area (Å²) < 4.78 is 59.2. The van der Waals surface area contributed by atoms with Gasteiger partial charge in [0.25, 0.3) is 5.91 Å². The first-order valence-corrected chi connectivity index (χ1v) is 8.28. The molecule has 0 fully saturated rings. The van der Waals surface area contributed by atoms with Crippen molar-refractivity contribution in [3.63, 3.8) is 0 Å². The van der Waals surface area contributed by atoms with Crippen LogP contribution in [0.25, 0.3) is 10.2 Å². The fraction of sp³-hybridized carbons (Fsp3) is 0.0667. The second kappa shape index (κ2) is 6.96. The van der Waals surface area contributed by atoms with Gasteiger partial charge >= 0.3 is 0 Å². The van der Waals surface area contributed by atoms with E-state index in [1.165, 1.54) is 11.3 Å². The maximum absolute atomic E-state index is 13.4. The molecule has 10 heteroatoms. The van der Waals surface area contributed by atoms with Crippen LogP contribution in [0.4, 0.5) is 22.7 Å². The monoisotopic (exact) mass is 434 g/mol. The van der Waals surface area contributed by atoms with E-state index in [0.29, 0.717) is 5.52 Å². The number of nitrogens with zero attached hydrogens (tertiary/aromatic N) is 1. The average molecular weight is 435 g/mol. The molecule has 1 amide bonds. The van der Waals surface area contributed by atoms with Gasteiger partial charge in [0.1, 0.15) is 0 Å². The lowest BCUT2D eigenvalue weighted by atomic mass is 10.3. The smallest absolute Gasteiger partial charge is 0.264 e. The van der Waals surface area contributed by atoms with Crippen molar-refractivity contribution in [2.75, 3.05) is 11.9 Å². The second-order valence-electron chi connectivity index (χ2n) is 4.77. The Bertz CT molecular complexity index is 954. The van der Waals surface area contributed by atoms with E-state index in [2.05, 4.69) is 31.0 Å². The Hall–Kier alpha value is -2.20. The number of fused-ring (bicyclic) bond motifs is 1. The zero-order valence-electron chi connectivity index (χ0n) is 12.1. The van der Waals surface area contributed by atoms with Gasteiger partial charge in [0.2, 0.25) is 11.6 Å². The van der Waals surface area contributed by atoms with Gasteiger partial charge in [-0.3, -0.25) is 10.1 Å². The van der Waals surface area contributed by atoms with E-state index < -0.39 is 41.5 Å². The van der Waals surface area contributed by atoms with E-state index >= 15 is 0 Å². The molecule has 130 valence electrons. The van der Waals surface area contributed by atoms with Crippen LogP contribution in [-0.2, 0) is 4.79 Å². The number of benzene rings is 2. The van der Waals surface area contributed by atoms with E-state index in [1.54, 1.807) is 18.2 Å². The lowest BCUT2D eigenvalue weighted by Crippen LogP contribution is -2.21. The van der Waals surface area contributed by atoms with Crippen LogP contribution in [0, 0.1) is 23.3 Å². The van der Waals surface area contributed by atoms with Crippen LogP contribution in [0.1, 0.15) is 0 Å². The van der Waals surface area contributed by atoms with Crippen LogP contribution in [0.3, 0.4) is 0 Å². The summed E-state index contributed by atoms with van der Waals surface area (Å²) >= 11 is 4.48. The molecule has 4 nitrogen and oxygen atoms in total. The minimum Gasteiger partial charge on any atom is -0.477 e. The number of carbonyl (C=O) groups is 1. The van der Waals surface area contributed by atoms with Crippen LogP contribution < -0.4 is 10.1 Å². The molecule has 0 spiro atoms. The first kappa shape index (κ1) is 17.6. The zero-order chi connectivity index (χ0) is 18.1. The van der Waals surface area contributed by atoms with Gasteiger partial charge in [-0.05, 0) is 18.2 Å². The third-order valence-corrected chi connectivity index (χ3v) is 4.44. The lowest BCUT2D eigenvalue weighted by molar-refractivity contribution is -0.118. The molecule has 0 aliphatic heterocycles. The molecule has 3 aromatic rings. The van der Waals surface area contributed by atoms with Gasteiger partial charge in [0, 0.05) is 10.5 Å². The van der Waals surface area contributed by atoms with Crippen LogP contribution in [0.2, 0.25) is 0 Å². The molecule has 25 heavy (non-hydrogen) atoms. The number of thiazole rings is 1. The molecule has 0 aliphatic rings. The number of hydrogen-bond donors (Lipinski definition) is 1. The Kier molecular flexibility index (Phi) is 4.91. The Morgan fingerprint density at radius 3 is 2.52 bits per heavy atom. The summed E-state index contributed by atoms with van der Waals surface area (Å²) in [5.41, 5.74) is 0.647. The summed E-state index contributed by atoms with van der Waals surface area (Å²) in [6.45, 7) is -0.851. The highest BCUT2D eigenvalue weighted by molar-refractivity contribution is 9.10. The molecular formula is C15H7BrF4N2O2S. The molecule has 1 aromatic heterocycles. The molecule has 0 atom stereocenters. The van der Waals surface area contributed by atoms with E-state index in [-0.39, 0.29) is 11.2 Å². The molecule has 0 aliphatic carbocycles. The van der Waals surface area contributed by atoms with Crippen molar-refractivity contribution in [3.8, 4) is 5.75 Å². The van der Waals surface area contributed by atoms with Gasteiger partial charge in [-0.25, -0.2) is 13.8 Å². The molecule has 0 saturated heterocycles. The molecule has 0 bridgehead atoms. The van der Waals surface area contributed by atoms with E-state index in [1.807, 2.05) is 0 Å². The highest BCUT2D eigenvalue weighted by Crippen LogP contribution is 2.29. The standard InChI is InChI=1S/C15H7BrF4N2O2S/c16-6-1-2-9-10(3-6)25-15(21-9)22-11(23)5-24-14-12(19)7(17)4-8(18)13(14)20/h1-4H,5H2,(H,21,22,23). The van der Waals surface area contributed by atoms with Gasteiger partial charge in [0.15, 0.2) is 29.1 Å². The van der Waals surface area contributed by atoms with Crippen molar-refractivity contribution in [1.82, 2.24) is 4.98 Å². The summed E-state index contributed by atoms with van der Waals surface area (Å²) in [7, 11) is 0. The number of ether oxygens (including phenoxy) is 1. The Balaban J connectivity index is 1.71. The molecule has 0 radical (unpaired) electrons. The van der Waals surface area contributed by atoms with E-state index in [0.717, 1.165) is 9.17 Å². The summed E-state index contributed by atoms with van der Waals surface area (Å²) in [6, 6.07) is 5.37. The Morgan fingerprint density at radius 1 is 1.16 bits per heavy atom. The number of hydrogen-bond acceptors (Lipinski definition) is 4. The summed E-state index contributed by atoms with van der Waals surface area (Å²) in [5, 5.41) is 2.63. The Morgan fingerprint density at radius 2 is 1.84 bits per heavy atom. The lowest BCUT2D eigenvalue weighted by Gasteiger charge is -2.08. The maximum Gasteiger partial charge on any atom is 0.264 e. The minimum atomic E-state index is -1.71. The van der Waals surface area contributed by atoms with E-state index in [9.17, 15) is 22.4 Å². The number of nitrogens with one attached hydrogen (secondary N) is 1. The van der Waals surface area contributed by atoms with Crippen LogP contribution in [-0.4, -0.2) is 17.5 Å². The topological polar surface area (TPSA) is 51.2 Å². The number of halogens is 5. The molecular weight excluding hydrogens is 428 g/mol. The second-order valence-corrected chi connectivity index (χ2v) is 6.71. The molecule has 2 aromatic carbocycles. The number of anilines is 1. The number of amides is 1. The highest BCUT2D eigenvalue weighted by Gasteiger charge is 2.21. The highest BCUT2D eigenvalue weighted by atomic mass is 79.9. The normalized spacial score (nSPS) is 10.9. The average Bonchev–Trinajstić information content (AvgIpc) is 2.94. The van der Waals surface area contributed by atoms with Gasteiger partial charge in [0.05, 0.1) is 10.2 Å². The fourth-order valence-corrected chi connectivity index (χ4v) is 3.36. The van der Waals surface area contributed by atoms with Crippen molar-refractivity contribution in [2.45, 2.75) is 0 Å². The van der Waals surface area contributed by atoms with Crippen LogP contribution in [0.5, 0.6) is 5.75 Å². The van der Waals surface area contributed by atoms with Crippen molar-refractivity contribution < 1.29 is 27.1 Å². The van der Waals surface area contributed by atoms with Crippen LogP contribution in [0.15, 0.2) is 28.7 Å². The molecule has 0 saturated carbocycles. The summed E-state index contributed by atoms with van der Waals surface area (Å²) in [4.78, 5) is 16.0. The fourth-order valence-electron chi connectivity index (χ4n) is 1.92. The minimum absolute atomic E-state index is 0.0524. The van der Waals surface area contributed by atoms with Crippen LogP contribution >= 0.6 is 27.3 Å². The number of aromatic nitrogens is 1. The predicted molar refractivity (Wildman–Crippen MR) is 87.7 cm³/mol. The Labute approximate surface area is 150 Å². The van der Waals surface area contributed by atoms with Crippen molar-refractivity contribution >= 4 is 48.5 Å². The van der Waals surface area contributed by atoms with Crippen molar-refractivity contribution in [3.05, 3.63) is 52.0 Å². The summed E-state index contributed by atoms with van der Waals surface area (Å²) in [5.74, 6) is -8.74.